The summed E-state index contributed by atoms with van der Waals surface area (Å²) in [7, 11) is 1.39. The second kappa shape index (κ2) is 5.89. The van der Waals surface area contributed by atoms with Gasteiger partial charge in [0.05, 0.1) is 7.11 Å². The van der Waals surface area contributed by atoms with Crippen molar-refractivity contribution in [3.63, 3.8) is 0 Å². The second-order valence-electron chi connectivity index (χ2n) is 6.15. The highest BCUT2D eigenvalue weighted by Crippen LogP contribution is 2.31. The van der Waals surface area contributed by atoms with Gasteiger partial charge in [0.1, 0.15) is 12.2 Å². The first kappa shape index (κ1) is 15.1. The molecule has 0 aromatic heterocycles. The average Bonchev–Trinajstić information content (AvgIpc) is 3.01. The Kier molecular flexibility index (Phi) is 3.70. The Hall–Kier alpha value is -2.44. The second-order valence-corrected chi connectivity index (χ2v) is 6.15. The molecule has 0 bridgehead atoms. The minimum absolute atomic E-state index is 0.0731. The largest absolute Gasteiger partial charge is 0.468 e. The predicted octanol–water partition coefficient (Wildman–Crippen LogP) is 1.43. The van der Waals surface area contributed by atoms with Gasteiger partial charge in [-0.05, 0) is 22.4 Å². The summed E-state index contributed by atoms with van der Waals surface area (Å²) >= 11 is 0. The molecule has 0 spiro atoms. The maximum Gasteiger partial charge on any atom is 0.324 e. The number of hydrogen-bond acceptors (Lipinski definition) is 5. The summed E-state index contributed by atoms with van der Waals surface area (Å²) in [6.45, 7) is 1.08. The molecule has 0 unspecified atom stereocenters. The van der Waals surface area contributed by atoms with Crippen LogP contribution in [0.25, 0.3) is 10.8 Å². The van der Waals surface area contributed by atoms with Crippen LogP contribution in [-0.4, -0.2) is 48.1 Å². The molecule has 1 N–H and O–H groups in total. The average molecular weight is 325 g/mol. The Bertz CT molecular complexity index is 807. The van der Waals surface area contributed by atoms with Crippen molar-refractivity contribution in [3.05, 3.63) is 48.0 Å². The normalized spacial score (nSPS) is 24.2. The Morgan fingerprint density at radius 3 is 2.79 bits per heavy atom. The van der Waals surface area contributed by atoms with Crippen LogP contribution in [0.15, 0.2) is 42.5 Å². The van der Waals surface area contributed by atoms with Crippen LogP contribution in [0.2, 0.25) is 0 Å². The number of nitrogens with zero attached hydrogens (tertiary/aromatic N) is 2. The molecule has 124 valence electrons. The van der Waals surface area contributed by atoms with E-state index in [1.165, 1.54) is 7.11 Å². The molecule has 4 rings (SSSR count). The van der Waals surface area contributed by atoms with E-state index in [1.54, 1.807) is 5.01 Å². The first-order chi connectivity index (χ1) is 11.7. The lowest BCUT2D eigenvalue weighted by atomic mass is 10.0. The number of nitrogens with one attached hydrogen (secondary N) is 1. The number of fused-ring (bicyclic) bond motifs is 2. The van der Waals surface area contributed by atoms with Crippen LogP contribution in [0.3, 0.4) is 0 Å². The number of benzene rings is 2. The molecule has 2 heterocycles. The molecule has 0 aliphatic carbocycles. The first-order valence-corrected chi connectivity index (χ1v) is 8.07. The number of esters is 1. The molecule has 2 saturated heterocycles. The zero-order chi connectivity index (χ0) is 16.7. The molecule has 0 radical (unpaired) electrons. The SMILES string of the molecule is COC(=O)[C@@H]1CN2CCC(=O)N2[C@H](c2ccc3ccccc3c2)N1. The van der Waals surface area contributed by atoms with E-state index in [2.05, 4.69) is 17.4 Å². The molecule has 6 nitrogen and oxygen atoms in total. The molecular formula is C18H19N3O3. The summed E-state index contributed by atoms with van der Waals surface area (Å²) in [5.74, 6) is -0.233. The summed E-state index contributed by atoms with van der Waals surface area (Å²) in [4.78, 5) is 24.3. The fourth-order valence-electron chi connectivity index (χ4n) is 3.52. The molecule has 24 heavy (non-hydrogen) atoms. The molecule has 1 amide bonds. The van der Waals surface area contributed by atoms with Gasteiger partial charge in [0.25, 0.3) is 0 Å². The quantitative estimate of drug-likeness (QED) is 0.847. The van der Waals surface area contributed by atoms with Gasteiger partial charge in [-0.15, -0.1) is 0 Å². The lowest BCUT2D eigenvalue weighted by Crippen LogP contribution is -2.61. The zero-order valence-corrected chi connectivity index (χ0v) is 13.4. The predicted molar refractivity (Wildman–Crippen MR) is 88.7 cm³/mol. The van der Waals surface area contributed by atoms with Gasteiger partial charge < -0.3 is 4.74 Å². The maximum absolute atomic E-state index is 12.3. The van der Waals surface area contributed by atoms with Gasteiger partial charge in [0.15, 0.2) is 0 Å². The van der Waals surface area contributed by atoms with Crippen molar-refractivity contribution in [2.45, 2.75) is 18.6 Å². The third kappa shape index (κ3) is 2.44. The summed E-state index contributed by atoms with van der Waals surface area (Å²) in [6, 6.07) is 13.7. The smallest absolute Gasteiger partial charge is 0.324 e. The first-order valence-electron chi connectivity index (χ1n) is 8.07. The summed E-state index contributed by atoms with van der Waals surface area (Å²) in [6.07, 6.45) is 0.113. The van der Waals surface area contributed by atoms with Gasteiger partial charge in [0.2, 0.25) is 5.91 Å². The number of amides is 1. The van der Waals surface area contributed by atoms with Gasteiger partial charge in [0, 0.05) is 19.5 Å². The maximum atomic E-state index is 12.3. The highest BCUT2D eigenvalue weighted by molar-refractivity contribution is 5.84. The Morgan fingerprint density at radius 2 is 2.00 bits per heavy atom. The van der Waals surface area contributed by atoms with Gasteiger partial charge in [-0.25, -0.2) is 5.01 Å². The van der Waals surface area contributed by atoms with E-state index >= 15 is 0 Å². The van der Waals surface area contributed by atoms with Gasteiger partial charge in [-0.3, -0.25) is 19.9 Å². The Morgan fingerprint density at radius 1 is 1.21 bits per heavy atom. The number of methoxy groups -OCH3 is 1. The standard InChI is InChI=1S/C18H19N3O3/c1-24-18(23)15-11-20-9-8-16(22)21(20)17(19-15)14-7-6-12-4-2-3-5-13(12)10-14/h2-7,10,15,17,19H,8-9,11H2,1H3/t15-,17+/m0/s1. The molecule has 2 atom stereocenters. The summed E-state index contributed by atoms with van der Waals surface area (Å²) in [5.41, 5.74) is 0.961. The lowest BCUT2D eigenvalue weighted by Gasteiger charge is -2.43. The topological polar surface area (TPSA) is 61.9 Å². The fraction of sp³-hybridized carbons (Fsp3) is 0.333. The molecule has 0 saturated carbocycles. The monoisotopic (exact) mass is 325 g/mol. The number of ether oxygens (including phenoxy) is 1. The number of carbonyl (C=O) groups is 2. The van der Waals surface area contributed by atoms with Crippen LogP contribution in [-0.2, 0) is 14.3 Å². The third-order valence-corrected chi connectivity index (χ3v) is 4.72. The van der Waals surface area contributed by atoms with Crippen molar-refractivity contribution in [1.82, 2.24) is 15.3 Å². The molecule has 2 aliphatic heterocycles. The highest BCUT2D eigenvalue weighted by Gasteiger charge is 2.43. The van der Waals surface area contributed by atoms with Crippen LogP contribution < -0.4 is 5.32 Å². The van der Waals surface area contributed by atoms with Crippen LogP contribution in [0.1, 0.15) is 18.2 Å². The number of carbonyl (C=O) groups excluding carboxylic acids is 2. The Labute approximate surface area is 139 Å². The Balaban J connectivity index is 1.73. The molecule has 6 heteroatoms. The van der Waals surface area contributed by atoms with E-state index in [-0.39, 0.29) is 18.0 Å². The van der Waals surface area contributed by atoms with E-state index in [0.29, 0.717) is 19.5 Å². The van der Waals surface area contributed by atoms with Crippen molar-refractivity contribution >= 4 is 22.6 Å². The van der Waals surface area contributed by atoms with Crippen molar-refractivity contribution in [3.8, 4) is 0 Å². The highest BCUT2D eigenvalue weighted by atomic mass is 16.5. The van der Waals surface area contributed by atoms with Crippen LogP contribution in [0.4, 0.5) is 0 Å². The van der Waals surface area contributed by atoms with Gasteiger partial charge in [-0.2, -0.15) is 0 Å². The number of hydrogen-bond donors (Lipinski definition) is 1. The van der Waals surface area contributed by atoms with Crippen molar-refractivity contribution in [2.24, 2.45) is 0 Å². The molecule has 2 aromatic rings. The fourth-order valence-corrected chi connectivity index (χ4v) is 3.52. The van der Waals surface area contributed by atoms with E-state index in [0.717, 1.165) is 16.3 Å². The van der Waals surface area contributed by atoms with Gasteiger partial charge >= 0.3 is 5.97 Å². The zero-order valence-electron chi connectivity index (χ0n) is 13.4. The van der Waals surface area contributed by atoms with Crippen LogP contribution >= 0.6 is 0 Å². The lowest BCUT2D eigenvalue weighted by molar-refractivity contribution is -0.162. The molecular weight excluding hydrogens is 306 g/mol. The van der Waals surface area contributed by atoms with E-state index in [4.69, 9.17) is 4.74 Å². The van der Waals surface area contributed by atoms with E-state index in [1.807, 2.05) is 35.3 Å². The third-order valence-electron chi connectivity index (χ3n) is 4.72. The van der Waals surface area contributed by atoms with Crippen LogP contribution in [0.5, 0.6) is 0 Å². The van der Waals surface area contributed by atoms with Crippen molar-refractivity contribution in [1.29, 1.82) is 0 Å². The van der Waals surface area contributed by atoms with Crippen LogP contribution in [0, 0.1) is 0 Å². The van der Waals surface area contributed by atoms with Gasteiger partial charge in [-0.1, -0.05) is 36.4 Å². The molecule has 2 aromatic carbocycles. The number of hydrazine groups is 1. The summed E-state index contributed by atoms with van der Waals surface area (Å²) in [5, 5.41) is 9.21. The van der Waals surface area contributed by atoms with E-state index < -0.39 is 6.04 Å². The van der Waals surface area contributed by atoms with E-state index in [9.17, 15) is 9.59 Å². The minimum atomic E-state index is -0.450. The molecule has 2 aliphatic rings. The summed E-state index contributed by atoms with van der Waals surface area (Å²) < 4.78 is 4.89. The molecule has 2 fully saturated rings. The van der Waals surface area contributed by atoms with Crippen molar-refractivity contribution in [2.75, 3.05) is 20.2 Å². The number of rotatable bonds is 2. The minimum Gasteiger partial charge on any atom is -0.468 e. The van der Waals surface area contributed by atoms with Crippen molar-refractivity contribution < 1.29 is 14.3 Å².